The third kappa shape index (κ3) is 5.19. The molecule has 0 heterocycles. The molecule has 0 aliphatic carbocycles. The van der Waals surface area contributed by atoms with Crippen molar-refractivity contribution < 1.29 is 9.53 Å². The Labute approximate surface area is 166 Å². The number of benzene rings is 3. The molecule has 0 bridgehead atoms. The van der Waals surface area contributed by atoms with Gasteiger partial charge in [-0.05, 0) is 48.2 Å². The van der Waals surface area contributed by atoms with Gasteiger partial charge in [0.25, 0.3) is 5.91 Å². The van der Waals surface area contributed by atoms with E-state index in [1.165, 1.54) is 0 Å². The quantitative estimate of drug-likeness (QED) is 0.429. The first-order chi connectivity index (χ1) is 13.7. The van der Waals surface area contributed by atoms with Gasteiger partial charge in [0.15, 0.2) is 6.10 Å². The van der Waals surface area contributed by atoms with E-state index >= 15 is 0 Å². The lowest BCUT2D eigenvalue weighted by Gasteiger charge is -2.14. The van der Waals surface area contributed by atoms with Crippen LogP contribution in [0.15, 0.2) is 77.9 Å². The zero-order chi connectivity index (χ0) is 19.8. The van der Waals surface area contributed by atoms with Crippen LogP contribution in [0.4, 0.5) is 0 Å². The first kappa shape index (κ1) is 19.6. The van der Waals surface area contributed by atoms with Crippen LogP contribution in [0.5, 0.6) is 5.75 Å². The van der Waals surface area contributed by atoms with Crippen LogP contribution >= 0.6 is 0 Å². The SMILES string of the molecule is CCCCC(=NNC(=O)C(C)Oc1ccc2ccccc2c1)c1ccccc1. The van der Waals surface area contributed by atoms with Gasteiger partial charge in [-0.25, -0.2) is 5.43 Å². The van der Waals surface area contributed by atoms with Crippen LogP contribution in [0.3, 0.4) is 0 Å². The van der Waals surface area contributed by atoms with Crippen molar-refractivity contribution in [2.24, 2.45) is 5.10 Å². The maximum atomic E-state index is 12.5. The van der Waals surface area contributed by atoms with Gasteiger partial charge in [-0.15, -0.1) is 0 Å². The zero-order valence-electron chi connectivity index (χ0n) is 16.4. The van der Waals surface area contributed by atoms with Crippen molar-refractivity contribution >= 4 is 22.4 Å². The number of rotatable bonds is 8. The zero-order valence-corrected chi connectivity index (χ0v) is 16.4. The van der Waals surface area contributed by atoms with Gasteiger partial charge in [-0.1, -0.05) is 74.0 Å². The maximum absolute atomic E-state index is 12.5. The summed E-state index contributed by atoms with van der Waals surface area (Å²) in [5.74, 6) is 0.401. The summed E-state index contributed by atoms with van der Waals surface area (Å²) in [4.78, 5) is 12.5. The van der Waals surface area contributed by atoms with Gasteiger partial charge < -0.3 is 4.74 Å². The monoisotopic (exact) mass is 374 g/mol. The average Bonchev–Trinajstić information content (AvgIpc) is 2.74. The van der Waals surface area contributed by atoms with Crippen LogP contribution in [0, 0.1) is 0 Å². The Morgan fingerprint density at radius 3 is 2.46 bits per heavy atom. The number of nitrogens with one attached hydrogen (secondary N) is 1. The van der Waals surface area contributed by atoms with E-state index in [2.05, 4.69) is 17.5 Å². The van der Waals surface area contributed by atoms with E-state index < -0.39 is 6.10 Å². The van der Waals surface area contributed by atoms with E-state index in [9.17, 15) is 4.79 Å². The van der Waals surface area contributed by atoms with Gasteiger partial charge in [0, 0.05) is 0 Å². The molecule has 3 rings (SSSR count). The molecule has 1 atom stereocenters. The summed E-state index contributed by atoms with van der Waals surface area (Å²) in [6.07, 6.45) is 2.27. The van der Waals surface area contributed by atoms with Gasteiger partial charge in [0.2, 0.25) is 0 Å². The molecule has 1 N–H and O–H groups in total. The van der Waals surface area contributed by atoms with Gasteiger partial charge in [-0.3, -0.25) is 4.79 Å². The Bertz CT molecular complexity index is 951. The molecular weight excluding hydrogens is 348 g/mol. The van der Waals surface area contributed by atoms with Crippen LogP contribution in [0.1, 0.15) is 38.7 Å². The number of hydrogen-bond acceptors (Lipinski definition) is 3. The molecule has 3 aromatic rings. The first-order valence-electron chi connectivity index (χ1n) is 9.74. The lowest BCUT2D eigenvalue weighted by atomic mass is 10.1. The third-order valence-electron chi connectivity index (χ3n) is 4.58. The van der Waals surface area contributed by atoms with Crippen molar-refractivity contribution in [3.05, 3.63) is 78.4 Å². The number of fused-ring (bicyclic) bond motifs is 1. The minimum Gasteiger partial charge on any atom is -0.481 e. The van der Waals surface area contributed by atoms with Gasteiger partial charge in [-0.2, -0.15) is 5.10 Å². The fraction of sp³-hybridized carbons (Fsp3) is 0.250. The minimum atomic E-state index is -0.645. The second-order valence-corrected chi connectivity index (χ2v) is 6.77. The van der Waals surface area contributed by atoms with Crippen LogP contribution in [-0.4, -0.2) is 17.7 Å². The van der Waals surface area contributed by atoms with Crippen LogP contribution < -0.4 is 10.2 Å². The third-order valence-corrected chi connectivity index (χ3v) is 4.58. The van der Waals surface area contributed by atoms with Crippen molar-refractivity contribution in [3.8, 4) is 5.75 Å². The summed E-state index contributed by atoms with van der Waals surface area (Å²) in [6.45, 7) is 3.87. The van der Waals surface area contributed by atoms with E-state index in [1.807, 2.05) is 72.8 Å². The highest BCUT2D eigenvalue weighted by atomic mass is 16.5. The average molecular weight is 374 g/mol. The fourth-order valence-electron chi connectivity index (χ4n) is 2.95. The minimum absolute atomic E-state index is 0.266. The largest absolute Gasteiger partial charge is 0.481 e. The van der Waals surface area contributed by atoms with Crippen molar-refractivity contribution in [2.45, 2.75) is 39.2 Å². The summed E-state index contributed by atoms with van der Waals surface area (Å²) < 4.78 is 5.82. The van der Waals surface area contributed by atoms with E-state index in [1.54, 1.807) is 6.92 Å². The molecule has 0 saturated heterocycles. The molecule has 4 heteroatoms. The number of hydrogen-bond donors (Lipinski definition) is 1. The molecule has 0 aliphatic rings. The molecule has 0 aliphatic heterocycles. The van der Waals surface area contributed by atoms with Gasteiger partial charge in [0.1, 0.15) is 5.75 Å². The van der Waals surface area contributed by atoms with E-state index in [4.69, 9.17) is 4.74 Å². The molecule has 3 aromatic carbocycles. The number of amides is 1. The molecular formula is C24H26N2O2. The molecule has 144 valence electrons. The van der Waals surface area contributed by atoms with Crippen molar-refractivity contribution in [1.82, 2.24) is 5.43 Å². The lowest BCUT2D eigenvalue weighted by Crippen LogP contribution is -2.34. The maximum Gasteiger partial charge on any atom is 0.280 e. The van der Waals surface area contributed by atoms with Gasteiger partial charge in [0.05, 0.1) is 5.71 Å². The Morgan fingerprint density at radius 1 is 1.00 bits per heavy atom. The predicted octanol–water partition coefficient (Wildman–Crippen LogP) is 5.32. The van der Waals surface area contributed by atoms with Crippen LogP contribution in [0.2, 0.25) is 0 Å². The smallest absolute Gasteiger partial charge is 0.280 e. The number of ether oxygens (including phenoxy) is 1. The van der Waals surface area contributed by atoms with Crippen molar-refractivity contribution in [2.75, 3.05) is 0 Å². The summed E-state index contributed by atoms with van der Waals surface area (Å²) in [5.41, 5.74) is 4.58. The second-order valence-electron chi connectivity index (χ2n) is 6.77. The molecule has 1 amide bonds. The Morgan fingerprint density at radius 2 is 1.71 bits per heavy atom. The second kappa shape index (κ2) is 9.70. The van der Waals surface area contributed by atoms with Crippen LogP contribution in [0.25, 0.3) is 10.8 Å². The highest BCUT2D eigenvalue weighted by Crippen LogP contribution is 2.21. The molecule has 0 radical (unpaired) electrons. The number of nitrogens with zero attached hydrogens (tertiary/aromatic N) is 1. The summed E-state index contributed by atoms with van der Waals surface area (Å²) in [5, 5.41) is 6.60. The first-order valence-corrected chi connectivity index (χ1v) is 9.74. The number of hydrazone groups is 1. The number of carbonyl (C=O) groups excluding carboxylic acids is 1. The Kier molecular flexibility index (Phi) is 6.79. The number of carbonyl (C=O) groups is 1. The highest BCUT2D eigenvalue weighted by Gasteiger charge is 2.15. The Hall–Kier alpha value is -3.14. The Balaban J connectivity index is 1.66. The molecule has 4 nitrogen and oxygen atoms in total. The summed E-state index contributed by atoms with van der Waals surface area (Å²) >= 11 is 0. The molecule has 0 fully saturated rings. The van der Waals surface area contributed by atoms with Crippen LogP contribution in [-0.2, 0) is 4.79 Å². The highest BCUT2D eigenvalue weighted by molar-refractivity contribution is 6.01. The number of unbranched alkanes of at least 4 members (excludes halogenated alkanes) is 1. The van der Waals surface area contributed by atoms with Gasteiger partial charge >= 0.3 is 0 Å². The fourth-order valence-corrected chi connectivity index (χ4v) is 2.95. The molecule has 28 heavy (non-hydrogen) atoms. The molecule has 0 aromatic heterocycles. The summed E-state index contributed by atoms with van der Waals surface area (Å²) in [7, 11) is 0. The summed E-state index contributed by atoms with van der Waals surface area (Å²) in [6, 6.07) is 23.8. The topological polar surface area (TPSA) is 50.7 Å². The molecule has 0 spiro atoms. The standard InChI is InChI=1S/C24H26N2O2/c1-3-4-14-23(20-11-6-5-7-12-20)25-26-24(27)18(2)28-22-16-15-19-10-8-9-13-21(19)17-22/h5-13,15-18H,3-4,14H2,1-2H3,(H,26,27). The van der Waals surface area contributed by atoms with Crippen molar-refractivity contribution in [3.63, 3.8) is 0 Å². The predicted molar refractivity (Wildman–Crippen MR) is 115 cm³/mol. The van der Waals surface area contributed by atoms with E-state index in [0.29, 0.717) is 5.75 Å². The van der Waals surface area contributed by atoms with E-state index in [0.717, 1.165) is 41.3 Å². The lowest BCUT2D eigenvalue weighted by molar-refractivity contribution is -0.127. The van der Waals surface area contributed by atoms with E-state index in [-0.39, 0.29) is 5.91 Å². The van der Waals surface area contributed by atoms with Crippen molar-refractivity contribution in [1.29, 1.82) is 0 Å². The molecule has 1 unspecified atom stereocenters. The normalized spacial score (nSPS) is 12.6. The molecule has 0 saturated carbocycles.